The van der Waals surface area contributed by atoms with Crippen LogP contribution < -0.4 is 14.7 Å². The molecule has 8 aromatic carbocycles. The third-order valence-electron chi connectivity index (χ3n) is 10.4. The predicted molar refractivity (Wildman–Crippen MR) is 241 cm³/mol. The van der Waals surface area contributed by atoms with E-state index in [4.69, 9.17) is 16.0 Å². The van der Waals surface area contributed by atoms with Gasteiger partial charge in [0, 0.05) is 62.0 Å². The smallest absolute Gasteiger partial charge is 0.139 e. The van der Waals surface area contributed by atoms with Crippen LogP contribution in [0.15, 0.2) is 205 Å². The fourth-order valence-electron chi connectivity index (χ4n) is 7.66. The fraction of sp³-hybridized carbons (Fsp3) is 0.0769. The van der Waals surface area contributed by atoms with E-state index in [0.29, 0.717) is 5.02 Å². The minimum Gasteiger partial charge on any atom is -0.456 e. The van der Waals surface area contributed by atoms with Crippen molar-refractivity contribution >= 4 is 84.7 Å². The zero-order valence-corrected chi connectivity index (χ0v) is 32.9. The third kappa shape index (κ3) is 7.12. The molecule has 0 N–H and O–H groups in total. The number of fused-ring (bicyclic) bond motifs is 3. The second-order valence-electron chi connectivity index (χ2n) is 15.3. The van der Waals surface area contributed by atoms with Gasteiger partial charge in [-0.25, -0.2) is 0 Å². The summed E-state index contributed by atoms with van der Waals surface area (Å²) < 4.78 is 6.38. The Morgan fingerprint density at radius 1 is 0.386 bits per heavy atom. The van der Waals surface area contributed by atoms with Crippen LogP contribution in [0.5, 0.6) is 0 Å². The van der Waals surface area contributed by atoms with Crippen LogP contribution in [0.1, 0.15) is 26.3 Å². The van der Waals surface area contributed by atoms with Crippen LogP contribution in [0.25, 0.3) is 21.9 Å². The maximum Gasteiger partial charge on any atom is 0.139 e. The summed E-state index contributed by atoms with van der Waals surface area (Å²) in [5, 5.41) is 2.65. The van der Waals surface area contributed by atoms with Crippen LogP contribution in [0.2, 0.25) is 5.02 Å². The van der Waals surface area contributed by atoms with Gasteiger partial charge in [-0.1, -0.05) is 129 Å². The fourth-order valence-corrected chi connectivity index (χ4v) is 7.87. The van der Waals surface area contributed by atoms with Gasteiger partial charge >= 0.3 is 0 Å². The van der Waals surface area contributed by atoms with E-state index in [1.807, 2.05) is 30.3 Å². The summed E-state index contributed by atoms with van der Waals surface area (Å²) >= 11 is 6.89. The highest BCUT2D eigenvalue weighted by Gasteiger charge is 2.25. The first kappa shape index (κ1) is 35.9. The van der Waals surface area contributed by atoms with E-state index < -0.39 is 0 Å². The highest BCUT2D eigenvalue weighted by molar-refractivity contribution is 6.32. The zero-order chi connectivity index (χ0) is 38.9. The molecular formula is C52H42ClN3O. The average molecular weight is 760 g/mol. The molecule has 278 valence electrons. The lowest BCUT2D eigenvalue weighted by molar-refractivity contribution is 0.590. The highest BCUT2D eigenvalue weighted by atomic mass is 35.5. The number of benzene rings is 8. The predicted octanol–water partition coefficient (Wildman–Crippen LogP) is 15.9. The number of hydrogen-bond donors (Lipinski definition) is 0. The summed E-state index contributed by atoms with van der Waals surface area (Å²) in [7, 11) is 0. The maximum atomic E-state index is 6.89. The van der Waals surface area contributed by atoms with Crippen molar-refractivity contribution in [2.75, 3.05) is 14.7 Å². The average Bonchev–Trinajstić information content (AvgIpc) is 3.61. The van der Waals surface area contributed by atoms with Gasteiger partial charge in [0.1, 0.15) is 11.2 Å². The molecule has 0 saturated carbocycles. The molecule has 0 unspecified atom stereocenters. The molecule has 0 aliphatic heterocycles. The Balaban J connectivity index is 1.27. The topological polar surface area (TPSA) is 22.9 Å². The minimum atomic E-state index is -0.135. The van der Waals surface area contributed by atoms with Crippen molar-refractivity contribution in [1.29, 1.82) is 0 Å². The lowest BCUT2D eigenvalue weighted by Gasteiger charge is -2.33. The van der Waals surface area contributed by atoms with Gasteiger partial charge in [0.2, 0.25) is 0 Å². The number of furan rings is 1. The van der Waals surface area contributed by atoms with E-state index in [1.54, 1.807) is 0 Å². The molecule has 9 aromatic rings. The Hall–Kier alpha value is -6.75. The number of rotatable bonds is 9. The van der Waals surface area contributed by atoms with Gasteiger partial charge in [-0.3, -0.25) is 0 Å². The molecule has 0 fully saturated rings. The Bertz CT molecular complexity index is 2760. The summed E-state index contributed by atoms with van der Waals surface area (Å²) in [6.07, 6.45) is 0. The van der Waals surface area contributed by atoms with Crippen LogP contribution in [-0.2, 0) is 5.41 Å². The van der Waals surface area contributed by atoms with Gasteiger partial charge in [-0.15, -0.1) is 0 Å². The van der Waals surface area contributed by atoms with Gasteiger partial charge in [-0.2, -0.15) is 0 Å². The molecule has 0 aliphatic carbocycles. The van der Waals surface area contributed by atoms with Crippen molar-refractivity contribution in [3.8, 4) is 0 Å². The third-order valence-corrected chi connectivity index (χ3v) is 10.6. The molecular weight excluding hydrogens is 718 g/mol. The van der Waals surface area contributed by atoms with Crippen molar-refractivity contribution in [2.45, 2.75) is 26.2 Å². The molecule has 57 heavy (non-hydrogen) atoms. The van der Waals surface area contributed by atoms with Crippen LogP contribution in [0.4, 0.5) is 51.2 Å². The second kappa shape index (κ2) is 15.1. The van der Waals surface area contributed by atoms with E-state index in [0.717, 1.165) is 73.1 Å². The monoisotopic (exact) mass is 759 g/mol. The standard InChI is InChI=1S/C52H42ClN3O/c1-52(2,3)37-31-45(54(39-19-8-4-9-20-39)40-21-10-5-11-22-40)36-46(32-37)55(41-23-12-6-13-24-41)43-27-18-28-44(35-43)56(42-25-14-7-15-26-42)48-33-38(53)34-50-51(48)47-29-16-17-30-49(47)57-50/h4-36H,1-3H3. The largest absolute Gasteiger partial charge is 0.456 e. The van der Waals surface area contributed by atoms with E-state index in [-0.39, 0.29) is 5.41 Å². The first-order valence-corrected chi connectivity index (χ1v) is 19.7. The highest BCUT2D eigenvalue weighted by Crippen LogP contribution is 2.47. The van der Waals surface area contributed by atoms with Crippen molar-refractivity contribution in [2.24, 2.45) is 0 Å². The summed E-state index contributed by atoms with van der Waals surface area (Å²) in [5.41, 5.74) is 12.0. The molecule has 1 aromatic heterocycles. The molecule has 0 spiro atoms. The van der Waals surface area contributed by atoms with Gasteiger partial charge < -0.3 is 19.1 Å². The maximum absolute atomic E-state index is 6.89. The van der Waals surface area contributed by atoms with E-state index >= 15 is 0 Å². The first-order chi connectivity index (χ1) is 27.8. The second-order valence-corrected chi connectivity index (χ2v) is 15.7. The minimum absolute atomic E-state index is 0.135. The Kier molecular flexibility index (Phi) is 9.49. The molecule has 0 amide bonds. The zero-order valence-electron chi connectivity index (χ0n) is 32.2. The molecule has 0 bridgehead atoms. The van der Waals surface area contributed by atoms with E-state index in [2.05, 4.69) is 205 Å². The van der Waals surface area contributed by atoms with E-state index in [1.165, 1.54) is 5.56 Å². The van der Waals surface area contributed by atoms with E-state index in [9.17, 15) is 0 Å². The van der Waals surface area contributed by atoms with Crippen LogP contribution in [0.3, 0.4) is 0 Å². The van der Waals surface area contributed by atoms with Crippen molar-refractivity contribution in [1.82, 2.24) is 0 Å². The summed E-state index contributed by atoms with van der Waals surface area (Å²) in [5.74, 6) is 0. The normalized spacial score (nSPS) is 11.5. The molecule has 0 aliphatic rings. The van der Waals surface area contributed by atoms with Gasteiger partial charge in [0.25, 0.3) is 0 Å². The van der Waals surface area contributed by atoms with Crippen LogP contribution >= 0.6 is 11.6 Å². The molecule has 0 saturated heterocycles. The van der Waals surface area contributed by atoms with Gasteiger partial charge in [-0.05, 0) is 108 Å². The SMILES string of the molecule is CC(C)(C)c1cc(N(c2ccccc2)c2ccccc2)cc(N(c2ccccc2)c2cccc(N(c3ccccc3)c3cc(Cl)cc4oc5ccccc5c34)c2)c1. The number of halogens is 1. The molecule has 1 heterocycles. The Morgan fingerprint density at radius 2 is 0.807 bits per heavy atom. The molecule has 5 heteroatoms. The van der Waals surface area contributed by atoms with Crippen LogP contribution in [-0.4, -0.2) is 0 Å². The molecule has 0 radical (unpaired) electrons. The molecule has 0 atom stereocenters. The summed E-state index contributed by atoms with van der Waals surface area (Å²) in [4.78, 5) is 6.99. The quantitative estimate of drug-likeness (QED) is 0.146. The number of nitrogens with zero attached hydrogens (tertiary/aromatic N) is 3. The Morgan fingerprint density at radius 3 is 1.33 bits per heavy atom. The van der Waals surface area contributed by atoms with Crippen LogP contribution in [0, 0.1) is 0 Å². The first-order valence-electron chi connectivity index (χ1n) is 19.3. The number of hydrogen-bond acceptors (Lipinski definition) is 4. The van der Waals surface area contributed by atoms with Gasteiger partial charge in [0.15, 0.2) is 0 Å². The number of anilines is 9. The summed E-state index contributed by atoms with van der Waals surface area (Å²) in [6.45, 7) is 6.84. The molecule has 4 nitrogen and oxygen atoms in total. The van der Waals surface area contributed by atoms with Crippen molar-refractivity contribution < 1.29 is 4.42 Å². The number of para-hydroxylation sites is 5. The summed E-state index contributed by atoms with van der Waals surface area (Å²) in [6, 6.07) is 70.2. The lowest BCUT2D eigenvalue weighted by atomic mass is 9.86. The van der Waals surface area contributed by atoms with Gasteiger partial charge in [0.05, 0.1) is 11.1 Å². The Labute approximate surface area is 339 Å². The molecule has 9 rings (SSSR count). The van der Waals surface area contributed by atoms with Crippen molar-refractivity contribution in [3.63, 3.8) is 0 Å². The lowest BCUT2D eigenvalue weighted by Crippen LogP contribution is -2.18. The van der Waals surface area contributed by atoms with Crippen molar-refractivity contribution in [3.05, 3.63) is 211 Å².